The topological polar surface area (TPSA) is 67.4 Å². The maximum atomic E-state index is 13.4. The van der Waals surface area contributed by atoms with E-state index in [1.165, 1.54) is 24.6 Å². The molecule has 5 rings (SSSR count). The number of fused-ring (bicyclic) bond motifs is 1. The van der Waals surface area contributed by atoms with E-state index in [2.05, 4.69) is 5.32 Å². The summed E-state index contributed by atoms with van der Waals surface area (Å²) in [6.07, 6.45) is 2.34. The number of thioether (sulfide) groups is 1. The second-order valence-electron chi connectivity index (χ2n) is 7.64. The molecule has 0 bridgehead atoms. The monoisotopic (exact) mass is 420 g/mol. The van der Waals surface area contributed by atoms with Crippen LogP contribution in [0.5, 0.6) is 0 Å². The molecule has 2 aromatic carbocycles. The summed E-state index contributed by atoms with van der Waals surface area (Å²) in [5.41, 5.74) is 1.86. The van der Waals surface area contributed by atoms with Gasteiger partial charge in [0.05, 0.1) is 18.7 Å². The van der Waals surface area contributed by atoms with Crippen LogP contribution in [0.1, 0.15) is 23.7 Å². The van der Waals surface area contributed by atoms with E-state index < -0.39 is 0 Å². The van der Waals surface area contributed by atoms with Crippen molar-refractivity contribution in [3.05, 3.63) is 60.2 Å². The van der Waals surface area contributed by atoms with Crippen LogP contribution in [-0.4, -0.2) is 53.1 Å². The zero-order valence-electron chi connectivity index (χ0n) is 16.7. The second-order valence-corrected chi connectivity index (χ2v) is 8.71. The van der Waals surface area contributed by atoms with E-state index in [-0.39, 0.29) is 11.2 Å². The molecular formula is C23H24N4O2S. The van der Waals surface area contributed by atoms with E-state index in [0.29, 0.717) is 37.5 Å². The lowest BCUT2D eigenvalue weighted by atomic mass is 10.1. The van der Waals surface area contributed by atoms with Crippen molar-refractivity contribution in [3.8, 4) is 0 Å². The fraction of sp³-hybridized carbons (Fsp3) is 0.348. The molecule has 2 fully saturated rings. The summed E-state index contributed by atoms with van der Waals surface area (Å²) in [6, 6.07) is 18.4. The molecule has 30 heavy (non-hydrogen) atoms. The van der Waals surface area contributed by atoms with Crippen LogP contribution in [0.25, 0.3) is 10.9 Å². The molecule has 1 saturated carbocycles. The number of para-hydroxylation sites is 1. The highest BCUT2D eigenvalue weighted by atomic mass is 32.2. The molecule has 3 aromatic rings. The van der Waals surface area contributed by atoms with Crippen molar-refractivity contribution in [3.63, 3.8) is 0 Å². The zero-order chi connectivity index (χ0) is 20.3. The van der Waals surface area contributed by atoms with Gasteiger partial charge in [0, 0.05) is 24.5 Å². The first-order chi connectivity index (χ1) is 14.8. The average molecular weight is 421 g/mol. The highest BCUT2D eigenvalue weighted by Gasteiger charge is 2.30. The molecule has 0 radical (unpaired) electrons. The molecule has 1 unspecified atom stereocenters. The number of hydrogen-bond donors (Lipinski definition) is 1. The van der Waals surface area contributed by atoms with Gasteiger partial charge in [-0.15, -0.1) is 0 Å². The molecule has 7 heteroatoms. The van der Waals surface area contributed by atoms with Gasteiger partial charge in [0.1, 0.15) is 11.1 Å². The van der Waals surface area contributed by atoms with Crippen molar-refractivity contribution >= 4 is 34.4 Å². The van der Waals surface area contributed by atoms with Gasteiger partial charge >= 0.3 is 0 Å². The normalized spacial score (nSPS) is 17.7. The van der Waals surface area contributed by atoms with Crippen molar-refractivity contribution in [2.24, 2.45) is 0 Å². The summed E-state index contributed by atoms with van der Waals surface area (Å²) in [4.78, 5) is 24.9. The van der Waals surface area contributed by atoms with E-state index in [4.69, 9.17) is 14.7 Å². The Morgan fingerprint density at radius 1 is 1.03 bits per heavy atom. The predicted octanol–water partition coefficient (Wildman–Crippen LogP) is 3.90. The third-order valence-electron chi connectivity index (χ3n) is 5.37. The molecule has 2 aliphatic rings. The highest BCUT2D eigenvalue weighted by Crippen LogP contribution is 2.37. The van der Waals surface area contributed by atoms with Crippen LogP contribution in [0.4, 0.5) is 5.82 Å². The lowest BCUT2D eigenvalue weighted by Crippen LogP contribution is -2.42. The van der Waals surface area contributed by atoms with Crippen molar-refractivity contribution in [1.82, 2.24) is 14.9 Å². The van der Waals surface area contributed by atoms with Crippen LogP contribution in [0, 0.1) is 0 Å². The minimum absolute atomic E-state index is 0.0861. The molecule has 1 atom stereocenters. The lowest BCUT2D eigenvalue weighted by Gasteiger charge is -2.30. The molecule has 6 nitrogen and oxygen atoms in total. The summed E-state index contributed by atoms with van der Waals surface area (Å²) in [5.74, 6) is 0.944. The molecular weight excluding hydrogens is 396 g/mol. The van der Waals surface area contributed by atoms with Crippen molar-refractivity contribution < 1.29 is 9.53 Å². The Kier molecular flexibility index (Phi) is 5.55. The van der Waals surface area contributed by atoms with Gasteiger partial charge < -0.3 is 15.0 Å². The van der Waals surface area contributed by atoms with Gasteiger partial charge in [0.2, 0.25) is 5.91 Å². The molecule has 1 aliphatic heterocycles. The number of rotatable bonds is 6. The molecule has 2 heterocycles. The Bertz CT molecular complexity index is 1040. The Hall–Kier alpha value is -2.64. The van der Waals surface area contributed by atoms with E-state index in [9.17, 15) is 4.79 Å². The Labute approximate surface area is 180 Å². The lowest BCUT2D eigenvalue weighted by molar-refractivity contribution is -0.134. The number of nitrogens with one attached hydrogen (secondary N) is 1. The summed E-state index contributed by atoms with van der Waals surface area (Å²) in [6.45, 7) is 2.41. The predicted molar refractivity (Wildman–Crippen MR) is 119 cm³/mol. The van der Waals surface area contributed by atoms with Crippen molar-refractivity contribution in [2.75, 3.05) is 31.6 Å². The summed E-state index contributed by atoms with van der Waals surface area (Å²) >= 11 is 1.43. The summed E-state index contributed by atoms with van der Waals surface area (Å²) in [7, 11) is 0. The van der Waals surface area contributed by atoms with Gasteiger partial charge in [-0.3, -0.25) is 4.79 Å². The van der Waals surface area contributed by atoms with Crippen LogP contribution >= 0.6 is 11.8 Å². The standard InChI is InChI=1S/C23H24N4O2S/c28-22(27-12-14-29-15-13-27)20(16-6-2-1-3-7-16)30-23-25-19-9-5-4-8-18(19)21(26-23)24-17-10-11-17/h1-9,17,20H,10-15H2,(H,24,25,26). The maximum Gasteiger partial charge on any atom is 0.240 e. The molecule has 1 aliphatic carbocycles. The molecule has 1 aromatic heterocycles. The van der Waals surface area contributed by atoms with Crippen molar-refractivity contribution in [1.29, 1.82) is 0 Å². The number of hydrogen-bond acceptors (Lipinski definition) is 6. The number of carbonyl (C=O) groups excluding carboxylic acids is 1. The van der Waals surface area contributed by atoms with Gasteiger partial charge in [0.25, 0.3) is 0 Å². The minimum Gasteiger partial charge on any atom is -0.378 e. The Morgan fingerprint density at radius 3 is 2.53 bits per heavy atom. The van der Waals surface area contributed by atoms with Gasteiger partial charge in [0.15, 0.2) is 5.16 Å². The largest absolute Gasteiger partial charge is 0.378 e. The van der Waals surface area contributed by atoms with Crippen LogP contribution in [0.3, 0.4) is 0 Å². The van der Waals surface area contributed by atoms with Crippen LogP contribution in [-0.2, 0) is 9.53 Å². The quantitative estimate of drug-likeness (QED) is 0.482. The number of morpholine rings is 1. The first-order valence-corrected chi connectivity index (χ1v) is 11.3. The minimum atomic E-state index is -0.390. The number of benzene rings is 2. The van der Waals surface area contributed by atoms with Gasteiger partial charge in [-0.25, -0.2) is 9.97 Å². The number of aromatic nitrogens is 2. The molecule has 154 valence electrons. The van der Waals surface area contributed by atoms with E-state index in [1.807, 2.05) is 59.5 Å². The summed E-state index contributed by atoms with van der Waals surface area (Å²) < 4.78 is 5.43. The smallest absolute Gasteiger partial charge is 0.240 e. The number of carbonyl (C=O) groups is 1. The third-order valence-corrected chi connectivity index (χ3v) is 6.48. The Morgan fingerprint density at radius 2 is 1.77 bits per heavy atom. The first-order valence-electron chi connectivity index (χ1n) is 10.4. The van der Waals surface area contributed by atoms with E-state index in [0.717, 1.165) is 22.3 Å². The van der Waals surface area contributed by atoms with Crippen LogP contribution in [0.2, 0.25) is 0 Å². The fourth-order valence-electron chi connectivity index (χ4n) is 3.58. The maximum absolute atomic E-state index is 13.4. The second kappa shape index (κ2) is 8.62. The van der Waals surface area contributed by atoms with Crippen molar-refractivity contribution in [2.45, 2.75) is 29.3 Å². The van der Waals surface area contributed by atoms with E-state index >= 15 is 0 Å². The van der Waals surface area contributed by atoms with Crippen LogP contribution in [0.15, 0.2) is 59.8 Å². The molecule has 1 amide bonds. The number of ether oxygens (including phenoxy) is 1. The average Bonchev–Trinajstić information content (AvgIpc) is 3.62. The van der Waals surface area contributed by atoms with Gasteiger partial charge in [-0.05, 0) is 30.5 Å². The first kappa shape index (κ1) is 19.3. The molecule has 1 saturated heterocycles. The zero-order valence-corrected chi connectivity index (χ0v) is 17.5. The SMILES string of the molecule is O=C(C(Sc1nc(NC2CC2)c2ccccc2n1)c1ccccc1)N1CCOCC1. The van der Waals surface area contributed by atoms with Gasteiger partial charge in [-0.1, -0.05) is 54.2 Å². The fourth-order valence-corrected chi connectivity index (χ4v) is 4.63. The van der Waals surface area contributed by atoms with Crippen LogP contribution < -0.4 is 5.32 Å². The Balaban J connectivity index is 1.49. The number of amides is 1. The molecule has 0 spiro atoms. The molecule has 1 N–H and O–H groups in total. The number of anilines is 1. The van der Waals surface area contributed by atoms with E-state index in [1.54, 1.807) is 0 Å². The van der Waals surface area contributed by atoms with Gasteiger partial charge in [-0.2, -0.15) is 0 Å². The summed E-state index contributed by atoms with van der Waals surface area (Å²) in [5, 5.41) is 4.77. The highest BCUT2D eigenvalue weighted by molar-refractivity contribution is 8.00. The third kappa shape index (κ3) is 4.27. The number of nitrogens with zero attached hydrogens (tertiary/aromatic N) is 3.